The molecule has 2 aromatic heterocycles. The maximum Gasteiger partial charge on any atom is 0.267 e. The molecule has 10 heteroatoms. The van der Waals surface area contributed by atoms with Gasteiger partial charge in [-0.1, -0.05) is 34.7 Å². The Labute approximate surface area is 170 Å². The van der Waals surface area contributed by atoms with Crippen molar-refractivity contribution < 1.29 is 17.7 Å². The van der Waals surface area contributed by atoms with E-state index in [1.165, 1.54) is 11.3 Å². The maximum atomic E-state index is 12.7. The summed E-state index contributed by atoms with van der Waals surface area (Å²) in [6.45, 7) is 3.11. The van der Waals surface area contributed by atoms with Gasteiger partial charge in [0.05, 0.1) is 15.9 Å². The fourth-order valence-corrected chi connectivity index (χ4v) is 5.15. The minimum absolute atomic E-state index is 0.0257. The van der Waals surface area contributed by atoms with E-state index in [1.807, 2.05) is 6.07 Å². The van der Waals surface area contributed by atoms with Crippen LogP contribution in [0.2, 0.25) is 0 Å². The SMILES string of the molecule is Cc1noc(C)c1S(=O)(=O)Nc1ccc2nc(NC(=O)c3ccccc3)sc2c1. The Bertz CT molecular complexity index is 1290. The smallest absolute Gasteiger partial charge is 0.267 e. The second kappa shape index (κ2) is 7.30. The number of aromatic nitrogens is 2. The van der Waals surface area contributed by atoms with Crippen molar-refractivity contribution in [3.8, 4) is 0 Å². The largest absolute Gasteiger partial charge is 0.360 e. The number of nitrogens with zero attached hydrogens (tertiary/aromatic N) is 2. The van der Waals surface area contributed by atoms with Crippen molar-refractivity contribution >= 4 is 48.3 Å². The Morgan fingerprint density at radius 3 is 2.55 bits per heavy atom. The van der Waals surface area contributed by atoms with Gasteiger partial charge in [-0.25, -0.2) is 13.4 Å². The summed E-state index contributed by atoms with van der Waals surface area (Å²) in [5.41, 5.74) is 1.85. The molecule has 0 aliphatic rings. The highest BCUT2D eigenvalue weighted by molar-refractivity contribution is 7.92. The number of hydrogen-bond acceptors (Lipinski definition) is 7. The number of sulfonamides is 1. The van der Waals surface area contributed by atoms with Crippen molar-refractivity contribution in [3.05, 3.63) is 65.5 Å². The second-order valence-corrected chi connectivity index (χ2v) is 8.93. The first-order valence-corrected chi connectivity index (χ1v) is 10.9. The maximum absolute atomic E-state index is 12.7. The highest BCUT2D eigenvalue weighted by Crippen LogP contribution is 2.30. The number of thiazole rings is 1. The molecular weight excluding hydrogens is 412 g/mol. The average molecular weight is 428 g/mol. The molecule has 29 heavy (non-hydrogen) atoms. The van der Waals surface area contributed by atoms with Crippen molar-refractivity contribution in [2.24, 2.45) is 0 Å². The van der Waals surface area contributed by atoms with Crippen LogP contribution < -0.4 is 10.0 Å². The van der Waals surface area contributed by atoms with Gasteiger partial charge < -0.3 is 4.52 Å². The van der Waals surface area contributed by atoms with Crippen LogP contribution in [-0.2, 0) is 10.0 Å². The van der Waals surface area contributed by atoms with Crippen LogP contribution in [0.15, 0.2) is 57.9 Å². The molecule has 8 nitrogen and oxygen atoms in total. The minimum Gasteiger partial charge on any atom is -0.360 e. The Balaban J connectivity index is 1.58. The van der Waals surface area contributed by atoms with Gasteiger partial charge in [-0.05, 0) is 44.2 Å². The fraction of sp³-hybridized carbons (Fsp3) is 0.105. The molecule has 1 amide bonds. The van der Waals surface area contributed by atoms with E-state index in [4.69, 9.17) is 4.52 Å². The molecule has 2 N–H and O–H groups in total. The van der Waals surface area contributed by atoms with E-state index in [0.717, 1.165) is 4.70 Å². The molecule has 0 spiro atoms. The van der Waals surface area contributed by atoms with Crippen LogP contribution in [0, 0.1) is 13.8 Å². The van der Waals surface area contributed by atoms with Crippen molar-refractivity contribution in [1.29, 1.82) is 0 Å². The summed E-state index contributed by atoms with van der Waals surface area (Å²) >= 11 is 1.26. The Kier molecular flexibility index (Phi) is 4.81. The summed E-state index contributed by atoms with van der Waals surface area (Å²) < 4.78 is 33.5. The zero-order chi connectivity index (χ0) is 20.6. The normalized spacial score (nSPS) is 11.5. The third-order valence-electron chi connectivity index (χ3n) is 4.13. The van der Waals surface area contributed by atoms with Gasteiger partial charge in [0.15, 0.2) is 15.8 Å². The van der Waals surface area contributed by atoms with Crippen molar-refractivity contribution in [3.63, 3.8) is 0 Å². The fourth-order valence-electron chi connectivity index (χ4n) is 2.86. The summed E-state index contributed by atoms with van der Waals surface area (Å²) in [7, 11) is -3.84. The number of nitrogens with one attached hydrogen (secondary N) is 2. The lowest BCUT2D eigenvalue weighted by Crippen LogP contribution is -2.14. The van der Waals surface area contributed by atoms with E-state index < -0.39 is 10.0 Å². The van der Waals surface area contributed by atoms with Gasteiger partial charge >= 0.3 is 0 Å². The molecule has 0 saturated heterocycles. The molecule has 0 aliphatic carbocycles. The molecule has 0 unspecified atom stereocenters. The topological polar surface area (TPSA) is 114 Å². The van der Waals surface area contributed by atoms with E-state index in [1.54, 1.807) is 56.3 Å². The molecule has 0 fully saturated rings. The lowest BCUT2D eigenvalue weighted by atomic mass is 10.2. The average Bonchev–Trinajstić information content (AvgIpc) is 3.24. The number of aryl methyl sites for hydroxylation is 2. The van der Waals surface area contributed by atoms with E-state index in [0.29, 0.717) is 27.6 Å². The standard InChI is InChI=1S/C19H16N4O4S2/c1-11-17(12(2)27-22-11)29(25,26)23-14-8-9-15-16(10-14)28-19(20-15)21-18(24)13-6-4-3-5-7-13/h3-10,23H,1-2H3,(H,20,21,24). The molecule has 0 bridgehead atoms. The Hall–Kier alpha value is -3.24. The van der Waals surface area contributed by atoms with E-state index in [-0.39, 0.29) is 16.6 Å². The summed E-state index contributed by atoms with van der Waals surface area (Å²) in [5, 5.41) is 6.88. The molecule has 0 atom stereocenters. The molecule has 2 aromatic carbocycles. The van der Waals surface area contributed by atoms with Gasteiger partial charge in [0.25, 0.3) is 15.9 Å². The van der Waals surface area contributed by atoms with Crippen LogP contribution in [0.4, 0.5) is 10.8 Å². The Morgan fingerprint density at radius 2 is 1.86 bits per heavy atom. The molecule has 2 heterocycles. The summed E-state index contributed by atoms with van der Waals surface area (Å²) in [6, 6.07) is 13.8. The minimum atomic E-state index is -3.84. The summed E-state index contributed by atoms with van der Waals surface area (Å²) in [6.07, 6.45) is 0. The molecule has 0 aliphatic heterocycles. The third kappa shape index (κ3) is 3.84. The number of carbonyl (C=O) groups excluding carboxylic acids is 1. The van der Waals surface area contributed by atoms with Crippen molar-refractivity contribution in [1.82, 2.24) is 10.1 Å². The summed E-state index contributed by atoms with van der Waals surface area (Å²) in [5.74, 6) is -0.0382. The van der Waals surface area contributed by atoms with Crippen molar-refractivity contribution in [2.45, 2.75) is 18.7 Å². The molecule has 148 valence electrons. The quantitative estimate of drug-likeness (QED) is 0.497. The van der Waals surface area contributed by atoms with E-state index in [2.05, 4.69) is 20.2 Å². The first-order valence-electron chi connectivity index (χ1n) is 8.56. The second-order valence-electron chi connectivity index (χ2n) is 6.28. The first kappa shape index (κ1) is 19.1. The number of benzene rings is 2. The van der Waals surface area contributed by atoms with Gasteiger partial charge in [-0.15, -0.1) is 0 Å². The highest BCUT2D eigenvalue weighted by atomic mass is 32.2. The van der Waals surface area contributed by atoms with Gasteiger partial charge in [0.1, 0.15) is 5.69 Å². The highest BCUT2D eigenvalue weighted by Gasteiger charge is 2.24. The van der Waals surface area contributed by atoms with E-state index >= 15 is 0 Å². The van der Waals surface area contributed by atoms with Crippen LogP contribution in [0.25, 0.3) is 10.2 Å². The monoisotopic (exact) mass is 428 g/mol. The number of carbonyl (C=O) groups is 1. The van der Waals surface area contributed by atoms with Gasteiger partial charge in [0, 0.05) is 5.56 Å². The lowest BCUT2D eigenvalue weighted by molar-refractivity contribution is 0.102. The number of rotatable bonds is 5. The van der Waals surface area contributed by atoms with Gasteiger partial charge in [-0.3, -0.25) is 14.8 Å². The van der Waals surface area contributed by atoms with Crippen LogP contribution in [0.5, 0.6) is 0 Å². The zero-order valence-corrected chi connectivity index (χ0v) is 17.1. The zero-order valence-electron chi connectivity index (χ0n) is 15.5. The molecule has 0 radical (unpaired) electrons. The molecule has 4 aromatic rings. The van der Waals surface area contributed by atoms with Crippen LogP contribution >= 0.6 is 11.3 Å². The van der Waals surface area contributed by atoms with Gasteiger partial charge in [-0.2, -0.15) is 0 Å². The van der Waals surface area contributed by atoms with Gasteiger partial charge in [0.2, 0.25) is 0 Å². The number of fused-ring (bicyclic) bond motifs is 1. The van der Waals surface area contributed by atoms with Crippen LogP contribution in [0.3, 0.4) is 0 Å². The number of hydrogen-bond donors (Lipinski definition) is 2. The number of amides is 1. The predicted molar refractivity (Wildman–Crippen MR) is 111 cm³/mol. The molecule has 0 saturated carbocycles. The molecule has 4 rings (SSSR count). The summed E-state index contributed by atoms with van der Waals surface area (Å²) in [4.78, 5) is 16.7. The van der Waals surface area contributed by atoms with E-state index in [9.17, 15) is 13.2 Å². The Morgan fingerprint density at radius 1 is 1.10 bits per heavy atom. The first-order chi connectivity index (χ1) is 13.8. The molecular formula is C19H16N4O4S2. The third-order valence-corrected chi connectivity index (χ3v) is 6.69. The van der Waals surface area contributed by atoms with Crippen LogP contribution in [-0.4, -0.2) is 24.5 Å². The van der Waals surface area contributed by atoms with Crippen LogP contribution in [0.1, 0.15) is 21.8 Å². The van der Waals surface area contributed by atoms with Crippen molar-refractivity contribution in [2.75, 3.05) is 10.0 Å². The predicted octanol–water partition coefficient (Wildman–Crippen LogP) is 3.95. The lowest BCUT2D eigenvalue weighted by Gasteiger charge is -2.07. The number of anilines is 2.